The van der Waals surface area contributed by atoms with Gasteiger partial charge in [0, 0.05) is 9.86 Å². The van der Waals surface area contributed by atoms with Gasteiger partial charge in [0.15, 0.2) is 11.3 Å². The maximum absolute atomic E-state index is 13.7. The molecule has 0 fully saturated rings. The van der Waals surface area contributed by atoms with Crippen molar-refractivity contribution in [3.05, 3.63) is 28.4 Å². The van der Waals surface area contributed by atoms with Gasteiger partial charge in [-0.15, -0.1) is 0 Å². The molecule has 0 aliphatic carbocycles. The Kier molecular flexibility index (Phi) is 2.10. The monoisotopic (exact) mass is 257 g/mol. The van der Waals surface area contributed by atoms with E-state index in [1.54, 1.807) is 12.1 Å². The van der Waals surface area contributed by atoms with Crippen molar-refractivity contribution in [2.24, 2.45) is 0 Å². The first-order valence-electron chi connectivity index (χ1n) is 4.23. The number of alkyl halides is 1. The van der Waals surface area contributed by atoms with Gasteiger partial charge in [0.05, 0.1) is 0 Å². The van der Waals surface area contributed by atoms with Gasteiger partial charge in [-0.05, 0) is 32.0 Å². The highest BCUT2D eigenvalue weighted by molar-refractivity contribution is 9.10. The van der Waals surface area contributed by atoms with E-state index in [-0.39, 0.29) is 0 Å². The highest BCUT2D eigenvalue weighted by Gasteiger charge is 2.26. The Morgan fingerprint density at radius 3 is 2.79 bits per heavy atom. The lowest BCUT2D eigenvalue weighted by Crippen LogP contribution is -2.09. The minimum atomic E-state index is -1.47. The molecule has 4 heteroatoms. The van der Waals surface area contributed by atoms with Gasteiger partial charge < -0.3 is 4.52 Å². The van der Waals surface area contributed by atoms with Crippen molar-refractivity contribution < 1.29 is 8.91 Å². The third kappa shape index (κ3) is 1.54. The third-order valence-electron chi connectivity index (χ3n) is 2.00. The number of rotatable bonds is 1. The number of fused-ring (bicyclic) bond motifs is 1. The number of halogens is 2. The smallest absolute Gasteiger partial charge is 0.168 e. The first-order valence-corrected chi connectivity index (χ1v) is 5.02. The van der Waals surface area contributed by atoms with Crippen molar-refractivity contribution in [2.75, 3.05) is 0 Å². The fourth-order valence-corrected chi connectivity index (χ4v) is 1.68. The standard InChI is InChI=1S/C10H9BrFNO/c1-10(2,12)9-7-4-3-6(11)5-8(7)14-13-9/h3-5H,1-2H3. The summed E-state index contributed by atoms with van der Waals surface area (Å²) in [5.74, 6) is 0. The molecular formula is C10H9BrFNO. The Hall–Kier alpha value is -0.900. The molecule has 0 amide bonds. The second-order valence-corrected chi connectivity index (χ2v) is 4.56. The average Bonchev–Trinajstić information content (AvgIpc) is 2.45. The zero-order valence-corrected chi connectivity index (χ0v) is 9.43. The predicted molar refractivity (Wildman–Crippen MR) is 55.8 cm³/mol. The Labute approximate surface area is 89.2 Å². The normalized spacial score (nSPS) is 12.3. The molecule has 74 valence electrons. The summed E-state index contributed by atoms with van der Waals surface area (Å²) in [5.41, 5.74) is -0.529. The third-order valence-corrected chi connectivity index (χ3v) is 2.49. The van der Waals surface area contributed by atoms with Crippen molar-refractivity contribution in [1.29, 1.82) is 0 Å². The summed E-state index contributed by atoms with van der Waals surface area (Å²) >= 11 is 3.31. The topological polar surface area (TPSA) is 26.0 Å². The van der Waals surface area contributed by atoms with Crippen LogP contribution in [-0.2, 0) is 5.67 Å². The van der Waals surface area contributed by atoms with Crippen LogP contribution >= 0.6 is 15.9 Å². The quantitative estimate of drug-likeness (QED) is 0.777. The fourth-order valence-electron chi connectivity index (χ4n) is 1.34. The van der Waals surface area contributed by atoms with E-state index in [9.17, 15) is 4.39 Å². The molecule has 0 aliphatic rings. The molecule has 0 saturated heterocycles. The van der Waals surface area contributed by atoms with E-state index in [1.807, 2.05) is 6.07 Å². The average molecular weight is 258 g/mol. The molecule has 0 saturated carbocycles. The molecule has 0 radical (unpaired) electrons. The van der Waals surface area contributed by atoms with Gasteiger partial charge in [0.1, 0.15) is 5.69 Å². The number of hydrogen-bond acceptors (Lipinski definition) is 2. The van der Waals surface area contributed by atoms with Gasteiger partial charge >= 0.3 is 0 Å². The maximum Gasteiger partial charge on any atom is 0.168 e. The maximum atomic E-state index is 13.7. The van der Waals surface area contributed by atoms with Crippen LogP contribution in [0.3, 0.4) is 0 Å². The number of benzene rings is 1. The molecule has 0 spiro atoms. The van der Waals surface area contributed by atoms with Crippen LogP contribution < -0.4 is 0 Å². The van der Waals surface area contributed by atoms with E-state index in [0.717, 1.165) is 9.86 Å². The van der Waals surface area contributed by atoms with E-state index in [4.69, 9.17) is 4.52 Å². The fraction of sp³-hybridized carbons (Fsp3) is 0.300. The van der Waals surface area contributed by atoms with Crippen molar-refractivity contribution in [3.8, 4) is 0 Å². The first kappa shape index (κ1) is 9.65. The molecule has 0 aliphatic heterocycles. The zero-order chi connectivity index (χ0) is 10.3. The molecular weight excluding hydrogens is 249 g/mol. The summed E-state index contributed by atoms with van der Waals surface area (Å²) < 4.78 is 19.6. The molecule has 0 N–H and O–H groups in total. The van der Waals surface area contributed by atoms with Crippen LogP contribution in [0, 0.1) is 0 Å². The first-order chi connectivity index (χ1) is 6.48. The van der Waals surface area contributed by atoms with Crippen molar-refractivity contribution in [1.82, 2.24) is 5.16 Å². The molecule has 1 aromatic carbocycles. The van der Waals surface area contributed by atoms with Crippen molar-refractivity contribution in [2.45, 2.75) is 19.5 Å². The van der Waals surface area contributed by atoms with Gasteiger partial charge in [0.25, 0.3) is 0 Å². The summed E-state index contributed by atoms with van der Waals surface area (Å²) in [6.07, 6.45) is 0. The van der Waals surface area contributed by atoms with E-state index in [1.165, 1.54) is 13.8 Å². The molecule has 2 rings (SSSR count). The number of aromatic nitrogens is 1. The summed E-state index contributed by atoms with van der Waals surface area (Å²) in [6.45, 7) is 2.93. The van der Waals surface area contributed by atoms with Crippen LogP contribution in [0.4, 0.5) is 4.39 Å². The van der Waals surface area contributed by atoms with Gasteiger partial charge in [0.2, 0.25) is 0 Å². The second-order valence-electron chi connectivity index (χ2n) is 3.64. The molecule has 14 heavy (non-hydrogen) atoms. The lowest BCUT2D eigenvalue weighted by Gasteiger charge is -2.09. The van der Waals surface area contributed by atoms with Crippen molar-refractivity contribution >= 4 is 26.9 Å². The minimum Gasteiger partial charge on any atom is -0.356 e. The molecule has 0 atom stereocenters. The van der Waals surface area contributed by atoms with Crippen LogP contribution in [0.15, 0.2) is 27.2 Å². The SMILES string of the molecule is CC(C)(F)c1noc2cc(Br)ccc12. The van der Waals surface area contributed by atoms with E-state index in [2.05, 4.69) is 21.1 Å². The number of nitrogens with zero attached hydrogens (tertiary/aromatic N) is 1. The molecule has 0 bridgehead atoms. The highest BCUT2D eigenvalue weighted by Crippen LogP contribution is 2.31. The summed E-state index contributed by atoms with van der Waals surface area (Å²) in [4.78, 5) is 0. The van der Waals surface area contributed by atoms with Gasteiger partial charge in [-0.25, -0.2) is 4.39 Å². The Balaban J connectivity index is 2.70. The van der Waals surface area contributed by atoms with Gasteiger partial charge in [-0.2, -0.15) is 0 Å². The van der Waals surface area contributed by atoms with E-state index >= 15 is 0 Å². The van der Waals surface area contributed by atoms with Crippen LogP contribution in [0.5, 0.6) is 0 Å². The molecule has 2 nitrogen and oxygen atoms in total. The second kappa shape index (κ2) is 3.05. The minimum absolute atomic E-state index is 0.347. The largest absolute Gasteiger partial charge is 0.356 e. The van der Waals surface area contributed by atoms with Crippen molar-refractivity contribution in [3.63, 3.8) is 0 Å². The number of hydrogen-bond donors (Lipinski definition) is 0. The molecule has 0 unspecified atom stereocenters. The Morgan fingerprint density at radius 1 is 1.43 bits per heavy atom. The van der Waals surface area contributed by atoms with Gasteiger partial charge in [-0.1, -0.05) is 21.1 Å². The predicted octanol–water partition coefficient (Wildman–Crippen LogP) is 3.79. The zero-order valence-electron chi connectivity index (χ0n) is 7.84. The van der Waals surface area contributed by atoms with E-state index < -0.39 is 5.67 Å². The van der Waals surface area contributed by atoms with E-state index in [0.29, 0.717) is 11.3 Å². The summed E-state index contributed by atoms with van der Waals surface area (Å²) in [5, 5.41) is 4.46. The summed E-state index contributed by atoms with van der Waals surface area (Å²) in [6, 6.07) is 5.42. The summed E-state index contributed by atoms with van der Waals surface area (Å²) in [7, 11) is 0. The van der Waals surface area contributed by atoms with Crippen LogP contribution in [-0.4, -0.2) is 5.16 Å². The van der Waals surface area contributed by atoms with Crippen LogP contribution in [0.25, 0.3) is 11.0 Å². The Morgan fingerprint density at radius 2 is 2.14 bits per heavy atom. The lowest BCUT2D eigenvalue weighted by molar-refractivity contribution is 0.207. The molecule has 1 heterocycles. The molecule has 1 aromatic heterocycles. The molecule has 2 aromatic rings. The highest BCUT2D eigenvalue weighted by atomic mass is 79.9. The van der Waals surface area contributed by atoms with Crippen LogP contribution in [0.1, 0.15) is 19.5 Å². The lowest BCUT2D eigenvalue weighted by atomic mass is 10.0. The van der Waals surface area contributed by atoms with Crippen LogP contribution in [0.2, 0.25) is 0 Å². The van der Waals surface area contributed by atoms with Gasteiger partial charge in [-0.3, -0.25) is 0 Å². The Bertz CT molecular complexity index is 472.